The average Bonchev–Trinajstić information content (AvgIpc) is 3.34. The molecule has 1 heterocycles. The van der Waals surface area contributed by atoms with Gasteiger partial charge in [0.15, 0.2) is 11.6 Å². The van der Waals surface area contributed by atoms with Crippen LogP contribution in [0.1, 0.15) is 67.2 Å². The average molecular weight is 815 g/mol. The first-order valence-corrected chi connectivity index (χ1v) is 19.3. The Morgan fingerprint density at radius 3 is 2.10 bits per heavy atom. The first kappa shape index (κ1) is 43.2. The van der Waals surface area contributed by atoms with Crippen molar-refractivity contribution in [2.75, 3.05) is 41.5 Å². The molecule has 0 radical (unpaired) electrons. The lowest BCUT2D eigenvalue weighted by Crippen LogP contribution is -2.48. The molecule has 2 atom stereocenters. The van der Waals surface area contributed by atoms with Gasteiger partial charge in [0.2, 0.25) is 5.91 Å². The van der Waals surface area contributed by atoms with Gasteiger partial charge in [0, 0.05) is 23.7 Å². The Morgan fingerprint density at radius 1 is 0.862 bits per heavy atom. The van der Waals surface area contributed by atoms with E-state index in [1.807, 2.05) is 30.0 Å². The predicted octanol–water partition coefficient (Wildman–Crippen LogP) is 8.09. The van der Waals surface area contributed by atoms with Crippen LogP contribution >= 0.6 is 11.6 Å². The molecule has 0 spiro atoms. The van der Waals surface area contributed by atoms with Crippen LogP contribution in [0.4, 0.5) is 4.79 Å². The number of nitrogens with one attached hydrogen (secondary N) is 1. The van der Waals surface area contributed by atoms with Crippen molar-refractivity contribution in [3.63, 3.8) is 0 Å². The van der Waals surface area contributed by atoms with Gasteiger partial charge in [0.25, 0.3) is 0 Å². The molecule has 3 amide bonds. The van der Waals surface area contributed by atoms with Gasteiger partial charge in [-0.05, 0) is 87.2 Å². The number of halogens is 1. The molecule has 0 aromatic heterocycles. The Kier molecular flexibility index (Phi) is 14.5. The second-order valence-corrected chi connectivity index (χ2v) is 15.1. The van der Waals surface area contributed by atoms with Gasteiger partial charge in [-0.3, -0.25) is 9.69 Å². The van der Waals surface area contributed by atoms with E-state index in [4.69, 9.17) is 40.1 Å². The third-order valence-electron chi connectivity index (χ3n) is 9.49. The van der Waals surface area contributed by atoms with E-state index in [1.54, 1.807) is 116 Å². The van der Waals surface area contributed by atoms with Crippen LogP contribution < -0.4 is 29.1 Å². The Labute approximate surface area is 344 Å². The molecule has 58 heavy (non-hydrogen) atoms. The van der Waals surface area contributed by atoms with Crippen LogP contribution in [-0.2, 0) is 22.5 Å². The van der Waals surface area contributed by atoms with Gasteiger partial charge in [-0.15, -0.1) is 0 Å². The van der Waals surface area contributed by atoms with Crippen LogP contribution in [0.2, 0.25) is 5.02 Å². The summed E-state index contributed by atoms with van der Waals surface area (Å²) in [5, 5.41) is 8.10. The molecule has 1 saturated heterocycles. The standard InChI is InChI=1S/C44H51ClN4O9/c1-9-36(28-15-17-29(18-16-28)42(51)57-44(2,3)4)46-43(52)49-27-40(47-58-33-13-11-10-12-14-33)48(26-35-38(55-7)23-34(53-5)24-39(35)56-8)25-31(41(49)50)21-30-22-32(45)19-20-37(30)54-6/h10-20,22-24,31,36H,9,21,25-27H2,1-8H3,(H,46,52)/t31-,36-/m1/s1. The van der Waals surface area contributed by atoms with E-state index in [1.165, 1.54) is 0 Å². The number of rotatable bonds is 14. The Morgan fingerprint density at radius 2 is 1.52 bits per heavy atom. The third-order valence-corrected chi connectivity index (χ3v) is 9.73. The minimum absolute atomic E-state index is 0.108. The Bertz CT molecular complexity index is 2060. The van der Waals surface area contributed by atoms with Gasteiger partial charge in [0.1, 0.15) is 28.6 Å². The molecule has 1 N–H and O–H groups in total. The summed E-state index contributed by atoms with van der Waals surface area (Å²) >= 11 is 6.45. The molecule has 0 bridgehead atoms. The van der Waals surface area contributed by atoms with Crippen LogP contribution in [0, 0.1) is 5.92 Å². The number of oxime groups is 1. The number of carbonyl (C=O) groups is 3. The fourth-order valence-corrected chi connectivity index (χ4v) is 6.77. The monoisotopic (exact) mass is 814 g/mol. The molecule has 13 nitrogen and oxygen atoms in total. The van der Waals surface area contributed by atoms with Crippen molar-refractivity contribution < 1.29 is 42.9 Å². The van der Waals surface area contributed by atoms with Gasteiger partial charge >= 0.3 is 12.0 Å². The molecule has 1 aliphatic rings. The van der Waals surface area contributed by atoms with Crippen molar-refractivity contribution in [1.29, 1.82) is 0 Å². The van der Waals surface area contributed by atoms with Crippen molar-refractivity contribution in [3.8, 4) is 28.7 Å². The topological polar surface area (TPSA) is 137 Å². The molecule has 4 aromatic rings. The van der Waals surface area contributed by atoms with E-state index in [0.29, 0.717) is 62.7 Å². The third kappa shape index (κ3) is 10.9. The minimum atomic E-state index is -0.800. The highest BCUT2D eigenvalue weighted by Gasteiger charge is 2.39. The fraction of sp³-hybridized carbons (Fsp3) is 0.364. The van der Waals surface area contributed by atoms with E-state index in [9.17, 15) is 14.4 Å². The quantitative estimate of drug-likeness (QED) is 0.0983. The molecular formula is C44H51ClN4O9. The maximum Gasteiger partial charge on any atom is 0.338 e. The molecule has 5 rings (SSSR count). The molecule has 308 valence electrons. The maximum atomic E-state index is 14.8. The zero-order valence-electron chi connectivity index (χ0n) is 34.2. The number of imide groups is 1. The highest BCUT2D eigenvalue weighted by Crippen LogP contribution is 2.36. The number of hydrogen-bond acceptors (Lipinski definition) is 10. The van der Waals surface area contributed by atoms with Gasteiger partial charge in [-0.2, -0.15) is 0 Å². The second-order valence-electron chi connectivity index (χ2n) is 14.6. The summed E-state index contributed by atoms with van der Waals surface area (Å²) in [6, 6.07) is 23.4. The summed E-state index contributed by atoms with van der Waals surface area (Å²) < 4.78 is 28.3. The van der Waals surface area contributed by atoms with Gasteiger partial charge in [-0.25, -0.2) is 9.59 Å². The van der Waals surface area contributed by atoms with E-state index >= 15 is 0 Å². The number of esters is 1. The Hall–Kier alpha value is -5.95. The smallest absolute Gasteiger partial charge is 0.338 e. The zero-order chi connectivity index (χ0) is 42.0. The predicted molar refractivity (Wildman–Crippen MR) is 221 cm³/mol. The normalized spacial score (nSPS) is 15.6. The lowest BCUT2D eigenvalue weighted by atomic mass is 9.96. The number of hydrogen-bond donors (Lipinski definition) is 1. The van der Waals surface area contributed by atoms with E-state index in [-0.39, 0.29) is 26.1 Å². The highest BCUT2D eigenvalue weighted by atomic mass is 35.5. The highest BCUT2D eigenvalue weighted by molar-refractivity contribution is 6.30. The van der Waals surface area contributed by atoms with Crippen LogP contribution in [0.25, 0.3) is 0 Å². The van der Waals surface area contributed by atoms with Crippen LogP contribution in [0.5, 0.6) is 28.7 Å². The number of carbonyl (C=O) groups excluding carboxylic acids is 3. The molecule has 1 fully saturated rings. The molecule has 0 unspecified atom stereocenters. The number of ether oxygens (including phenoxy) is 5. The maximum absolute atomic E-state index is 14.8. The van der Waals surface area contributed by atoms with Crippen molar-refractivity contribution in [2.45, 2.75) is 58.7 Å². The molecule has 0 aliphatic carbocycles. The lowest BCUT2D eigenvalue weighted by molar-refractivity contribution is -0.131. The number of amides is 3. The van der Waals surface area contributed by atoms with Crippen molar-refractivity contribution >= 4 is 35.3 Å². The number of methoxy groups -OCH3 is 4. The van der Waals surface area contributed by atoms with Gasteiger partial charge in [-0.1, -0.05) is 54.0 Å². The Balaban J connectivity index is 1.56. The summed E-state index contributed by atoms with van der Waals surface area (Å²) in [7, 11) is 6.20. The molecular weight excluding hydrogens is 764 g/mol. The fourth-order valence-electron chi connectivity index (χ4n) is 6.58. The number of benzene rings is 4. The first-order valence-electron chi connectivity index (χ1n) is 18.9. The SMILES string of the molecule is CC[C@@H](NC(=O)N1CC(=NOc2ccccc2)N(Cc2c(OC)cc(OC)cc2OC)C[C@@H](Cc2cc(Cl)ccc2OC)C1=O)c1ccc(C(=O)OC(C)(C)C)cc1. The number of urea groups is 1. The molecule has 14 heteroatoms. The lowest BCUT2D eigenvalue weighted by Gasteiger charge is -2.27. The number of nitrogens with zero attached hydrogens (tertiary/aromatic N) is 3. The van der Waals surface area contributed by atoms with Crippen LogP contribution in [0.3, 0.4) is 0 Å². The van der Waals surface area contributed by atoms with E-state index in [2.05, 4.69) is 10.5 Å². The number of para-hydroxylation sites is 1. The summed E-state index contributed by atoms with van der Waals surface area (Å²) in [6.07, 6.45) is 0.666. The van der Waals surface area contributed by atoms with Crippen LogP contribution in [-0.4, -0.2) is 80.7 Å². The minimum Gasteiger partial charge on any atom is -0.496 e. The van der Waals surface area contributed by atoms with Crippen LogP contribution in [0.15, 0.2) is 90.1 Å². The summed E-state index contributed by atoms with van der Waals surface area (Å²) in [5.41, 5.74) is 1.81. The van der Waals surface area contributed by atoms with E-state index < -0.39 is 35.5 Å². The van der Waals surface area contributed by atoms with Gasteiger partial charge < -0.3 is 38.7 Å². The van der Waals surface area contributed by atoms with Gasteiger partial charge in [0.05, 0.1) is 64.6 Å². The van der Waals surface area contributed by atoms with Crippen molar-refractivity contribution in [1.82, 2.24) is 15.1 Å². The van der Waals surface area contributed by atoms with E-state index in [0.717, 1.165) is 10.5 Å². The molecule has 1 aliphatic heterocycles. The largest absolute Gasteiger partial charge is 0.496 e. The van der Waals surface area contributed by atoms with Crippen molar-refractivity contribution in [3.05, 3.63) is 112 Å². The number of amidine groups is 1. The zero-order valence-corrected chi connectivity index (χ0v) is 34.9. The summed E-state index contributed by atoms with van der Waals surface area (Å²) in [4.78, 5) is 51.0. The molecule has 4 aromatic carbocycles. The molecule has 0 saturated carbocycles. The second kappa shape index (κ2) is 19.5. The summed E-state index contributed by atoms with van der Waals surface area (Å²) in [6.45, 7) is 7.35. The summed E-state index contributed by atoms with van der Waals surface area (Å²) in [5.74, 6) is 1.11. The van der Waals surface area contributed by atoms with Crippen molar-refractivity contribution in [2.24, 2.45) is 11.1 Å². The first-order chi connectivity index (χ1) is 27.8.